The van der Waals surface area contributed by atoms with Crippen LogP contribution in [0, 0.1) is 61.3 Å². The normalized spacial score (nSPS) is 13.7. The van der Waals surface area contributed by atoms with Gasteiger partial charge in [-0.1, -0.05) is 30.3 Å². The second kappa shape index (κ2) is 16.6. The molecule has 296 valence electrons. The number of hydrogen-bond donors (Lipinski definition) is 2. The van der Waals surface area contributed by atoms with Gasteiger partial charge in [0.15, 0.2) is 11.5 Å². The van der Waals surface area contributed by atoms with Crippen LogP contribution in [-0.4, -0.2) is 47.0 Å². The van der Waals surface area contributed by atoms with Crippen LogP contribution in [0.3, 0.4) is 0 Å². The number of halogens is 1. The molecule has 4 aromatic carbocycles. The van der Waals surface area contributed by atoms with E-state index >= 15 is 0 Å². The van der Waals surface area contributed by atoms with Crippen LogP contribution in [0.25, 0.3) is 0 Å². The van der Waals surface area contributed by atoms with Crippen molar-refractivity contribution < 1.29 is 53.1 Å². The number of carbonyl (C=O) groups is 5. The molecule has 0 aliphatic heterocycles. The zero-order valence-corrected chi connectivity index (χ0v) is 34.9. The number of aryl methyl sites for hydroxylation is 1. The molecule has 2 N–H and O–H groups in total. The standard InChI is InChI=1S/C45H43BrO11/c1-20-16-30(47)19-33(54-10)35(20)44(52)57-41-27(8)24(5)37(39(48)38(41)46)45(53)55-32-17-21(2)34(28(9)31(32)18-29-14-12-11-13-15-29)43(51)56-40-25(6)22(3)36(42(49)50)23(4)26(40)7/h11-17,19,35,48H,18H2,1-10H3,(H,49,50). The van der Waals surface area contributed by atoms with Gasteiger partial charge in [0.1, 0.15) is 39.0 Å². The molecule has 5 rings (SSSR count). The number of ether oxygens (including phenoxy) is 4. The van der Waals surface area contributed by atoms with E-state index in [0.717, 1.165) is 5.56 Å². The molecule has 0 heterocycles. The van der Waals surface area contributed by atoms with Gasteiger partial charge in [0.2, 0.25) is 0 Å². The molecule has 0 bridgehead atoms. The summed E-state index contributed by atoms with van der Waals surface area (Å²) >= 11 is 3.31. The molecule has 4 aromatic rings. The molecule has 11 nitrogen and oxygen atoms in total. The number of rotatable bonds is 10. The van der Waals surface area contributed by atoms with Crippen LogP contribution in [0.2, 0.25) is 0 Å². The Labute approximate surface area is 339 Å². The average molecular weight is 840 g/mol. The van der Waals surface area contributed by atoms with E-state index in [1.165, 1.54) is 19.3 Å². The second-order valence-electron chi connectivity index (χ2n) is 14.1. The second-order valence-corrected chi connectivity index (χ2v) is 14.9. The molecule has 0 saturated carbocycles. The summed E-state index contributed by atoms with van der Waals surface area (Å²) in [5, 5.41) is 21.2. The first-order valence-corrected chi connectivity index (χ1v) is 18.8. The Kier molecular flexibility index (Phi) is 12.3. The van der Waals surface area contributed by atoms with Crippen molar-refractivity contribution in [3.8, 4) is 23.0 Å². The van der Waals surface area contributed by atoms with Crippen LogP contribution in [0.5, 0.6) is 23.0 Å². The summed E-state index contributed by atoms with van der Waals surface area (Å²) in [4.78, 5) is 65.6. The smallest absolute Gasteiger partial charge is 0.347 e. The number of esters is 3. The molecular formula is C45H43BrO11. The van der Waals surface area contributed by atoms with Gasteiger partial charge in [0.05, 0.1) is 18.2 Å². The van der Waals surface area contributed by atoms with Crippen molar-refractivity contribution >= 4 is 45.6 Å². The summed E-state index contributed by atoms with van der Waals surface area (Å²) in [6, 6.07) is 11.0. The van der Waals surface area contributed by atoms with Gasteiger partial charge in [0.25, 0.3) is 0 Å². The Morgan fingerprint density at radius 1 is 0.702 bits per heavy atom. The molecule has 0 spiro atoms. The highest BCUT2D eigenvalue weighted by Crippen LogP contribution is 2.44. The first kappa shape index (κ1) is 42.1. The van der Waals surface area contributed by atoms with Crippen molar-refractivity contribution in [3.05, 3.63) is 137 Å². The first-order chi connectivity index (χ1) is 26.8. The Morgan fingerprint density at radius 3 is 1.84 bits per heavy atom. The lowest BCUT2D eigenvalue weighted by Gasteiger charge is -2.23. The Bertz CT molecular complexity index is 2400. The van der Waals surface area contributed by atoms with Crippen LogP contribution in [0.15, 0.2) is 64.4 Å². The number of carboxylic acids is 1. The first-order valence-electron chi connectivity index (χ1n) is 18.0. The number of phenolic OH excluding ortho intramolecular Hbond substituents is 1. The average Bonchev–Trinajstić information content (AvgIpc) is 3.15. The predicted octanol–water partition coefficient (Wildman–Crippen LogP) is 8.93. The minimum atomic E-state index is -1.07. The molecule has 0 fully saturated rings. The third-order valence-electron chi connectivity index (χ3n) is 10.7. The topological polar surface area (TPSA) is 163 Å². The number of hydrogen-bond acceptors (Lipinski definition) is 10. The monoisotopic (exact) mass is 838 g/mol. The van der Waals surface area contributed by atoms with Gasteiger partial charge in [-0.05, 0) is 146 Å². The minimum absolute atomic E-state index is 0.0283. The largest absolute Gasteiger partial charge is 0.506 e. The van der Waals surface area contributed by atoms with Crippen LogP contribution < -0.4 is 14.2 Å². The van der Waals surface area contributed by atoms with Crippen LogP contribution in [-0.2, 0) is 20.7 Å². The fourth-order valence-electron chi connectivity index (χ4n) is 7.18. The van der Waals surface area contributed by atoms with E-state index in [1.54, 1.807) is 68.4 Å². The maximum atomic E-state index is 14.1. The maximum absolute atomic E-state index is 14.1. The number of aromatic carboxylic acids is 1. The highest BCUT2D eigenvalue weighted by molar-refractivity contribution is 9.10. The van der Waals surface area contributed by atoms with Gasteiger partial charge in [0, 0.05) is 18.1 Å². The quantitative estimate of drug-likeness (QED) is 0.116. The lowest BCUT2D eigenvalue weighted by Crippen LogP contribution is -2.28. The molecular weight excluding hydrogens is 796 g/mol. The van der Waals surface area contributed by atoms with E-state index in [2.05, 4.69) is 15.9 Å². The number of benzene rings is 4. The molecule has 0 amide bonds. The van der Waals surface area contributed by atoms with E-state index in [9.17, 15) is 34.2 Å². The van der Waals surface area contributed by atoms with E-state index < -0.39 is 35.5 Å². The Hall–Kier alpha value is -6.01. The molecule has 12 heteroatoms. The number of methoxy groups -OCH3 is 1. The molecule has 57 heavy (non-hydrogen) atoms. The van der Waals surface area contributed by atoms with Crippen LogP contribution in [0.4, 0.5) is 0 Å². The van der Waals surface area contributed by atoms with Gasteiger partial charge in [-0.3, -0.25) is 9.59 Å². The summed E-state index contributed by atoms with van der Waals surface area (Å²) in [5.41, 5.74) is 5.66. The maximum Gasteiger partial charge on any atom is 0.347 e. The lowest BCUT2D eigenvalue weighted by molar-refractivity contribution is -0.137. The number of carbonyl (C=O) groups excluding carboxylic acids is 4. The summed E-state index contributed by atoms with van der Waals surface area (Å²) in [7, 11) is 1.34. The third-order valence-corrected chi connectivity index (χ3v) is 11.4. The summed E-state index contributed by atoms with van der Waals surface area (Å²) in [6.45, 7) is 15.0. The van der Waals surface area contributed by atoms with E-state index in [4.69, 9.17) is 18.9 Å². The van der Waals surface area contributed by atoms with Gasteiger partial charge in [-0.25, -0.2) is 14.4 Å². The van der Waals surface area contributed by atoms with Crippen molar-refractivity contribution in [1.82, 2.24) is 0 Å². The van der Waals surface area contributed by atoms with Crippen LogP contribution >= 0.6 is 15.9 Å². The fourth-order valence-corrected chi connectivity index (χ4v) is 7.76. The summed E-state index contributed by atoms with van der Waals surface area (Å²) < 4.78 is 23.1. The van der Waals surface area contributed by atoms with Crippen molar-refractivity contribution in [2.45, 2.75) is 68.7 Å². The van der Waals surface area contributed by atoms with Crippen molar-refractivity contribution in [2.75, 3.05) is 7.11 Å². The highest BCUT2D eigenvalue weighted by Gasteiger charge is 2.34. The molecule has 1 atom stereocenters. The van der Waals surface area contributed by atoms with E-state index in [1.807, 2.05) is 30.3 Å². The Morgan fingerprint density at radius 2 is 1.26 bits per heavy atom. The van der Waals surface area contributed by atoms with Crippen LogP contribution in [0.1, 0.15) is 93.6 Å². The van der Waals surface area contributed by atoms with Gasteiger partial charge in [-0.15, -0.1) is 0 Å². The summed E-state index contributed by atoms with van der Waals surface area (Å²) in [6.07, 6.45) is 2.79. The number of ketones is 1. The molecule has 0 saturated heterocycles. The van der Waals surface area contributed by atoms with E-state index in [0.29, 0.717) is 50.1 Å². The SMILES string of the molecule is COC1=CC(=O)C=C(C)C1C(=O)Oc1c(C)c(C)c(C(=O)Oc2cc(C)c(C(=O)Oc3c(C)c(C)c(C(=O)O)c(C)c3C)c(C)c2Cc2ccccc2)c(O)c1Br. The Balaban J connectivity index is 1.54. The van der Waals surface area contributed by atoms with Crippen molar-refractivity contribution in [3.63, 3.8) is 0 Å². The fraction of sp³-hybridized carbons (Fsp3) is 0.267. The third kappa shape index (κ3) is 8.00. The number of phenols is 1. The predicted molar refractivity (Wildman–Crippen MR) is 216 cm³/mol. The van der Waals surface area contributed by atoms with Gasteiger partial charge in [-0.2, -0.15) is 0 Å². The molecule has 0 radical (unpaired) electrons. The van der Waals surface area contributed by atoms with Crippen molar-refractivity contribution in [1.29, 1.82) is 0 Å². The van der Waals surface area contributed by atoms with Gasteiger partial charge >= 0.3 is 23.9 Å². The molecule has 1 aliphatic rings. The molecule has 1 aliphatic carbocycles. The zero-order chi connectivity index (χ0) is 42.2. The molecule has 1 unspecified atom stereocenters. The number of allylic oxidation sites excluding steroid dienone is 2. The van der Waals surface area contributed by atoms with E-state index in [-0.39, 0.29) is 61.9 Å². The minimum Gasteiger partial charge on any atom is -0.506 e. The van der Waals surface area contributed by atoms with Gasteiger partial charge < -0.3 is 29.2 Å². The molecule has 0 aromatic heterocycles. The number of aromatic hydroxyl groups is 1. The van der Waals surface area contributed by atoms with Crippen molar-refractivity contribution in [2.24, 2.45) is 5.92 Å². The number of carboxylic acid groups (broad SMARTS) is 1. The highest BCUT2D eigenvalue weighted by atomic mass is 79.9. The zero-order valence-electron chi connectivity index (χ0n) is 33.3. The summed E-state index contributed by atoms with van der Waals surface area (Å²) in [5.74, 6) is -4.74. The lowest BCUT2D eigenvalue weighted by atomic mass is 9.91.